The van der Waals surface area contributed by atoms with E-state index in [1.54, 1.807) is 29.5 Å². The van der Waals surface area contributed by atoms with E-state index in [0.717, 1.165) is 17.7 Å². The summed E-state index contributed by atoms with van der Waals surface area (Å²) in [6, 6.07) is 10.6. The molecule has 4 heteroatoms. The van der Waals surface area contributed by atoms with E-state index in [0.29, 0.717) is 11.5 Å². The van der Waals surface area contributed by atoms with E-state index in [1.807, 2.05) is 17.5 Å². The normalized spacial score (nSPS) is 17.3. The predicted molar refractivity (Wildman–Crippen MR) is 87.4 cm³/mol. The maximum atomic E-state index is 14.1. The van der Waals surface area contributed by atoms with Gasteiger partial charge in [0.1, 0.15) is 5.82 Å². The number of carbonyl (C=O) groups excluding carboxylic acids is 1. The Morgan fingerprint density at radius 2 is 1.95 bits per heavy atom. The monoisotopic (exact) mass is 317 g/mol. The van der Waals surface area contributed by atoms with Crippen molar-refractivity contribution in [3.05, 3.63) is 58.0 Å². The van der Waals surface area contributed by atoms with Crippen molar-refractivity contribution in [1.82, 2.24) is 5.32 Å². The van der Waals surface area contributed by atoms with Crippen LogP contribution in [0.4, 0.5) is 4.39 Å². The number of halogens is 1. The van der Waals surface area contributed by atoms with Crippen molar-refractivity contribution >= 4 is 17.2 Å². The molecule has 1 saturated carbocycles. The van der Waals surface area contributed by atoms with Gasteiger partial charge in [0.25, 0.3) is 0 Å². The topological polar surface area (TPSA) is 29.1 Å². The van der Waals surface area contributed by atoms with Crippen molar-refractivity contribution in [3.63, 3.8) is 0 Å². The van der Waals surface area contributed by atoms with Gasteiger partial charge in [0.2, 0.25) is 5.91 Å². The number of carbonyl (C=O) groups is 1. The quantitative estimate of drug-likeness (QED) is 0.868. The molecule has 116 valence electrons. The molecule has 0 aliphatic heterocycles. The molecular weight excluding hydrogens is 297 g/mol. The average molecular weight is 317 g/mol. The Morgan fingerprint density at radius 1 is 1.23 bits per heavy atom. The molecule has 1 aliphatic rings. The molecule has 1 amide bonds. The first-order valence-corrected chi connectivity index (χ1v) is 8.52. The fourth-order valence-corrected chi connectivity index (χ4v) is 3.86. The molecule has 0 radical (unpaired) electrons. The summed E-state index contributed by atoms with van der Waals surface area (Å²) in [7, 11) is 0. The zero-order valence-electron chi connectivity index (χ0n) is 12.8. The lowest BCUT2D eigenvalue weighted by atomic mass is 9.93. The Labute approximate surface area is 134 Å². The molecule has 1 unspecified atom stereocenters. The van der Waals surface area contributed by atoms with Crippen molar-refractivity contribution in [3.8, 4) is 0 Å². The molecule has 0 spiro atoms. The van der Waals surface area contributed by atoms with E-state index in [2.05, 4.69) is 19.2 Å². The summed E-state index contributed by atoms with van der Waals surface area (Å²) in [5, 5.41) is 5.17. The molecule has 1 heterocycles. The molecule has 2 nitrogen and oxygen atoms in total. The number of hydrogen-bond donors (Lipinski definition) is 1. The second-order valence-corrected chi connectivity index (χ2v) is 7.25. The molecule has 22 heavy (non-hydrogen) atoms. The van der Waals surface area contributed by atoms with E-state index < -0.39 is 5.41 Å². The first-order chi connectivity index (χ1) is 10.5. The molecular formula is C18H20FNOS. The van der Waals surface area contributed by atoms with Crippen molar-refractivity contribution in [1.29, 1.82) is 0 Å². The Hall–Kier alpha value is -1.68. The van der Waals surface area contributed by atoms with Crippen LogP contribution in [0.1, 0.15) is 43.2 Å². The zero-order chi connectivity index (χ0) is 15.7. The van der Waals surface area contributed by atoms with Gasteiger partial charge in [-0.15, -0.1) is 11.3 Å². The highest BCUT2D eigenvalue weighted by molar-refractivity contribution is 7.10. The van der Waals surface area contributed by atoms with Crippen molar-refractivity contribution in [2.75, 3.05) is 0 Å². The van der Waals surface area contributed by atoms with Crippen LogP contribution in [0.25, 0.3) is 0 Å². The minimum Gasteiger partial charge on any atom is -0.347 e. The lowest BCUT2D eigenvalue weighted by molar-refractivity contribution is -0.124. The molecule has 2 aromatic rings. The third kappa shape index (κ3) is 2.68. The van der Waals surface area contributed by atoms with Crippen LogP contribution >= 0.6 is 11.3 Å². The highest BCUT2D eigenvalue weighted by Crippen LogP contribution is 2.49. The van der Waals surface area contributed by atoms with E-state index in [1.165, 1.54) is 6.07 Å². The van der Waals surface area contributed by atoms with Gasteiger partial charge in [0.15, 0.2) is 0 Å². The van der Waals surface area contributed by atoms with Crippen LogP contribution in [-0.2, 0) is 10.2 Å². The standard InChI is InChI=1S/C18H20FNOS/c1-12(2)16(15-8-5-11-22-15)20-17(21)18(9-10-18)13-6-3-4-7-14(13)19/h3-8,11-12,16H,9-10H2,1-2H3,(H,20,21). The predicted octanol–water partition coefficient (Wildman–Crippen LogP) is 4.43. The number of hydrogen-bond acceptors (Lipinski definition) is 2. The molecule has 0 bridgehead atoms. The van der Waals surface area contributed by atoms with Crippen LogP contribution in [0.2, 0.25) is 0 Å². The van der Waals surface area contributed by atoms with Crippen LogP contribution in [0.15, 0.2) is 41.8 Å². The summed E-state index contributed by atoms with van der Waals surface area (Å²) in [5.41, 5.74) is -0.142. The van der Waals surface area contributed by atoms with Gasteiger partial charge in [0, 0.05) is 10.4 Å². The second kappa shape index (κ2) is 5.84. The maximum absolute atomic E-state index is 14.1. The molecule has 1 aromatic heterocycles. The van der Waals surface area contributed by atoms with Gasteiger partial charge in [-0.25, -0.2) is 4.39 Å². The zero-order valence-corrected chi connectivity index (χ0v) is 13.6. The van der Waals surface area contributed by atoms with Crippen molar-refractivity contribution < 1.29 is 9.18 Å². The smallest absolute Gasteiger partial charge is 0.231 e. The van der Waals surface area contributed by atoms with E-state index in [4.69, 9.17) is 0 Å². The summed E-state index contributed by atoms with van der Waals surface area (Å²) in [4.78, 5) is 14.0. The largest absolute Gasteiger partial charge is 0.347 e. The highest BCUT2D eigenvalue weighted by Gasteiger charge is 2.53. The Bertz CT molecular complexity index is 661. The van der Waals surface area contributed by atoms with Crippen LogP contribution in [-0.4, -0.2) is 5.91 Å². The minimum absolute atomic E-state index is 0.0169. The highest BCUT2D eigenvalue weighted by atomic mass is 32.1. The van der Waals surface area contributed by atoms with Crippen LogP contribution in [0.3, 0.4) is 0 Å². The molecule has 1 aromatic carbocycles. The molecule has 3 rings (SSSR count). The molecule has 1 fully saturated rings. The van der Waals surface area contributed by atoms with Gasteiger partial charge >= 0.3 is 0 Å². The van der Waals surface area contributed by atoms with E-state index in [-0.39, 0.29) is 17.8 Å². The molecule has 0 saturated heterocycles. The van der Waals surface area contributed by atoms with Gasteiger partial charge < -0.3 is 5.32 Å². The van der Waals surface area contributed by atoms with Crippen molar-refractivity contribution in [2.45, 2.75) is 38.1 Å². The van der Waals surface area contributed by atoms with E-state index >= 15 is 0 Å². The number of amides is 1. The first-order valence-electron chi connectivity index (χ1n) is 7.64. The third-order valence-electron chi connectivity index (χ3n) is 4.38. The number of benzene rings is 1. The lowest BCUT2D eigenvalue weighted by Gasteiger charge is -2.25. The fourth-order valence-electron chi connectivity index (χ4n) is 2.91. The minimum atomic E-state index is -0.671. The van der Waals surface area contributed by atoms with Gasteiger partial charge in [0.05, 0.1) is 11.5 Å². The van der Waals surface area contributed by atoms with Crippen LogP contribution in [0.5, 0.6) is 0 Å². The van der Waals surface area contributed by atoms with Crippen LogP contribution in [0, 0.1) is 11.7 Å². The third-order valence-corrected chi connectivity index (χ3v) is 5.33. The molecule has 1 atom stereocenters. The number of rotatable bonds is 5. The molecule has 1 N–H and O–H groups in total. The first kappa shape index (κ1) is 15.2. The van der Waals surface area contributed by atoms with E-state index in [9.17, 15) is 9.18 Å². The van der Waals surface area contributed by atoms with Crippen LogP contribution < -0.4 is 5.32 Å². The second-order valence-electron chi connectivity index (χ2n) is 6.27. The summed E-state index contributed by atoms with van der Waals surface area (Å²) < 4.78 is 14.1. The Balaban J connectivity index is 1.83. The SMILES string of the molecule is CC(C)C(NC(=O)C1(c2ccccc2F)CC1)c1cccs1. The summed E-state index contributed by atoms with van der Waals surface area (Å²) >= 11 is 1.64. The summed E-state index contributed by atoms with van der Waals surface area (Å²) in [5.74, 6) is -0.0453. The van der Waals surface area contributed by atoms with Crippen molar-refractivity contribution in [2.24, 2.45) is 5.92 Å². The Morgan fingerprint density at radius 3 is 2.50 bits per heavy atom. The van der Waals surface area contributed by atoms with Gasteiger partial charge in [-0.3, -0.25) is 4.79 Å². The fraction of sp³-hybridized carbons (Fsp3) is 0.389. The number of nitrogens with one attached hydrogen (secondary N) is 1. The Kier molecular flexibility index (Phi) is 4.04. The summed E-state index contributed by atoms with van der Waals surface area (Å²) in [6.45, 7) is 4.18. The summed E-state index contributed by atoms with van der Waals surface area (Å²) in [6.07, 6.45) is 1.43. The molecule has 1 aliphatic carbocycles. The number of thiophene rings is 1. The average Bonchev–Trinajstić information content (AvgIpc) is 3.12. The lowest BCUT2D eigenvalue weighted by Crippen LogP contribution is -2.39. The van der Waals surface area contributed by atoms with Gasteiger partial charge in [-0.2, -0.15) is 0 Å². The maximum Gasteiger partial charge on any atom is 0.231 e. The van der Waals surface area contributed by atoms with Gasteiger partial charge in [-0.05, 0) is 36.3 Å². The van der Waals surface area contributed by atoms with Gasteiger partial charge in [-0.1, -0.05) is 38.1 Å².